The molecule has 5 nitrogen and oxygen atoms in total. The number of methoxy groups -OCH3 is 1. The number of amides is 2. The summed E-state index contributed by atoms with van der Waals surface area (Å²) >= 11 is 0. The normalized spacial score (nSPS) is 17.5. The number of nitrogens with zero attached hydrogens (tertiary/aromatic N) is 1. The summed E-state index contributed by atoms with van der Waals surface area (Å²) in [4.78, 5) is 25.7. The average molecular weight is 314 g/mol. The second-order valence-corrected chi connectivity index (χ2v) is 5.17. The molecule has 1 saturated heterocycles. The van der Waals surface area contributed by atoms with Crippen molar-refractivity contribution in [3.63, 3.8) is 0 Å². The van der Waals surface area contributed by atoms with Gasteiger partial charge in [-0.25, -0.2) is 9.29 Å². The maximum absolute atomic E-state index is 13.0. The molecule has 2 amide bonds. The van der Waals surface area contributed by atoms with Crippen molar-refractivity contribution in [2.45, 2.75) is 12.5 Å². The Kier molecular flexibility index (Phi) is 3.97. The van der Waals surface area contributed by atoms with E-state index in [2.05, 4.69) is 5.32 Å². The zero-order chi connectivity index (χ0) is 16.4. The molecule has 3 rings (SSSR count). The number of imide groups is 1. The van der Waals surface area contributed by atoms with Crippen LogP contribution >= 0.6 is 0 Å². The summed E-state index contributed by atoms with van der Waals surface area (Å²) in [6.07, 6.45) is 0.0578. The molecule has 0 bridgehead atoms. The van der Waals surface area contributed by atoms with E-state index in [-0.39, 0.29) is 18.2 Å². The molecule has 0 saturated carbocycles. The number of carbonyl (C=O) groups is 2. The molecule has 23 heavy (non-hydrogen) atoms. The van der Waals surface area contributed by atoms with Crippen LogP contribution in [0.15, 0.2) is 48.5 Å². The lowest BCUT2D eigenvalue weighted by Gasteiger charge is -2.16. The second-order valence-electron chi connectivity index (χ2n) is 5.17. The van der Waals surface area contributed by atoms with E-state index in [0.717, 1.165) is 10.6 Å². The summed E-state index contributed by atoms with van der Waals surface area (Å²) in [5.41, 5.74) is 1.10. The Balaban J connectivity index is 1.76. The maximum atomic E-state index is 13.0. The highest BCUT2D eigenvalue weighted by Crippen LogP contribution is 2.25. The van der Waals surface area contributed by atoms with Gasteiger partial charge in [0.15, 0.2) is 0 Å². The molecular formula is C17H15FN2O3. The van der Waals surface area contributed by atoms with Crippen LogP contribution in [0.3, 0.4) is 0 Å². The van der Waals surface area contributed by atoms with Gasteiger partial charge in [0.25, 0.3) is 5.91 Å². The van der Waals surface area contributed by atoms with Crippen molar-refractivity contribution in [1.29, 1.82) is 0 Å². The Labute approximate surface area is 132 Å². The number of anilines is 2. The SMILES string of the molecule is COc1ccc(N[C@H]2CC(=O)N(c3ccc(F)cc3)C2=O)cc1. The summed E-state index contributed by atoms with van der Waals surface area (Å²) in [7, 11) is 1.57. The van der Waals surface area contributed by atoms with E-state index in [1.54, 1.807) is 31.4 Å². The second kappa shape index (κ2) is 6.08. The number of rotatable bonds is 4. The summed E-state index contributed by atoms with van der Waals surface area (Å²) < 4.78 is 18.1. The van der Waals surface area contributed by atoms with Gasteiger partial charge in [-0.1, -0.05) is 0 Å². The molecule has 0 radical (unpaired) electrons. The van der Waals surface area contributed by atoms with E-state index in [1.807, 2.05) is 0 Å². The lowest BCUT2D eigenvalue weighted by molar-refractivity contribution is -0.121. The zero-order valence-corrected chi connectivity index (χ0v) is 12.5. The first kappa shape index (κ1) is 15.0. The molecule has 1 atom stereocenters. The first-order chi connectivity index (χ1) is 11.1. The Bertz CT molecular complexity index is 729. The number of carbonyl (C=O) groups excluding carboxylic acids is 2. The lowest BCUT2D eigenvalue weighted by atomic mass is 10.2. The summed E-state index contributed by atoms with van der Waals surface area (Å²) in [6.45, 7) is 0. The molecule has 1 fully saturated rings. The highest BCUT2D eigenvalue weighted by Gasteiger charge is 2.39. The third kappa shape index (κ3) is 3.01. The predicted molar refractivity (Wildman–Crippen MR) is 83.9 cm³/mol. The predicted octanol–water partition coefficient (Wildman–Crippen LogP) is 2.58. The van der Waals surface area contributed by atoms with Gasteiger partial charge in [0.1, 0.15) is 17.6 Å². The van der Waals surface area contributed by atoms with Gasteiger partial charge in [-0.2, -0.15) is 0 Å². The fourth-order valence-corrected chi connectivity index (χ4v) is 2.49. The van der Waals surface area contributed by atoms with Gasteiger partial charge >= 0.3 is 0 Å². The Morgan fingerprint density at radius 2 is 1.74 bits per heavy atom. The fraction of sp³-hybridized carbons (Fsp3) is 0.176. The largest absolute Gasteiger partial charge is 0.497 e. The molecule has 2 aromatic carbocycles. The lowest BCUT2D eigenvalue weighted by Crippen LogP contribution is -2.34. The molecule has 0 aliphatic carbocycles. The first-order valence-electron chi connectivity index (χ1n) is 7.11. The summed E-state index contributed by atoms with van der Waals surface area (Å²) in [5.74, 6) is -0.372. The molecule has 1 N–H and O–H groups in total. The molecule has 6 heteroatoms. The van der Waals surface area contributed by atoms with Crippen LogP contribution in [0.1, 0.15) is 6.42 Å². The minimum absolute atomic E-state index is 0.0578. The van der Waals surface area contributed by atoms with Gasteiger partial charge in [-0.15, -0.1) is 0 Å². The van der Waals surface area contributed by atoms with Crippen LogP contribution in [0.25, 0.3) is 0 Å². The third-order valence-electron chi connectivity index (χ3n) is 3.66. The number of benzene rings is 2. The molecule has 2 aromatic rings. The van der Waals surface area contributed by atoms with Crippen LogP contribution in [-0.2, 0) is 9.59 Å². The van der Waals surface area contributed by atoms with Crippen molar-refractivity contribution in [2.75, 3.05) is 17.3 Å². The quantitative estimate of drug-likeness (QED) is 0.881. The first-order valence-corrected chi connectivity index (χ1v) is 7.11. The van der Waals surface area contributed by atoms with E-state index in [0.29, 0.717) is 11.4 Å². The van der Waals surface area contributed by atoms with Crippen molar-refractivity contribution in [2.24, 2.45) is 0 Å². The van der Waals surface area contributed by atoms with Crippen molar-refractivity contribution in [3.8, 4) is 5.75 Å². The number of halogens is 1. The minimum atomic E-state index is -0.638. The standard InChI is InChI=1S/C17H15FN2O3/c1-23-14-8-4-12(5-9-14)19-15-10-16(21)20(17(15)22)13-6-2-11(18)3-7-13/h2-9,15,19H,10H2,1H3/t15-/m0/s1. The molecule has 118 valence electrons. The maximum Gasteiger partial charge on any atom is 0.256 e. The van der Waals surface area contributed by atoms with Crippen LogP contribution in [0.5, 0.6) is 5.75 Å². The molecule has 0 aromatic heterocycles. The van der Waals surface area contributed by atoms with Gasteiger partial charge < -0.3 is 10.1 Å². The van der Waals surface area contributed by atoms with Crippen LogP contribution in [-0.4, -0.2) is 25.0 Å². The van der Waals surface area contributed by atoms with Gasteiger partial charge in [0, 0.05) is 5.69 Å². The fourth-order valence-electron chi connectivity index (χ4n) is 2.49. The van der Waals surface area contributed by atoms with Gasteiger partial charge in [0.05, 0.1) is 19.2 Å². The van der Waals surface area contributed by atoms with Crippen LogP contribution < -0.4 is 15.0 Å². The van der Waals surface area contributed by atoms with Crippen molar-refractivity contribution in [3.05, 3.63) is 54.3 Å². The number of hydrogen-bond donors (Lipinski definition) is 1. The Hall–Kier alpha value is -2.89. The van der Waals surface area contributed by atoms with E-state index in [9.17, 15) is 14.0 Å². The Morgan fingerprint density at radius 3 is 2.35 bits per heavy atom. The average Bonchev–Trinajstić information content (AvgIpc) is 2.83. The zero-order valence-electron chi connectivity index (χ0n) is 12.5. The molecular weight excluding hydrogens is 299 g/mol. The molecule has 1 heterocycles. The minimum Gasteiger partial charge on any atom is -0.497 e. The van der Waals surface area contributed by atoms with Crippen molar-refractivity contribution >= 4 is 23.2 Å². The molecule has 0 unspecified atom stereocenters. The van der Waals surface area contributed by atoms with E-state index < -0.39 is 11.9 Å². The molecule has 0 spiro atoms. The van der Waals surface area contributed by atoms with E-state index >= 15 is 0 Å². The third-order valence-corrected chi connectivity index (χ3v) is 3.66. The van der Waals surface area contributed by atoms with E-state index in [1.165, 1.54) is 24.3 Å². The van der Waals surface area contributed by atoms with Crippen LogP contribution in [0, 0.1) is 5.82 Å². The summed E-state index contributed by atoms with van der Waals surface area (Å²) in [6, 6.07) is 11.7. The van der Waals surface area contributed by atoms with Crippen molar-refractivity contribution in [1.82, 2.24) is 0 Å². The molecule has 1 aliphatic heterocycles. The highest BCUT2D eigenvalue weighted by molar-refractivity contribution is 6.23. The topological polar surface area (TPSA) is 58.6 Å². The van der Waals surface area contributed by atoms with E-state index in [4.69, 9.17) is 4.74 Å². The summed E-state index contributed by atoms with van der Waals surface area (Å²) in [5, 5.41) is 3.04. The molecule has 1 aliphatic rings. The number of hydrogen-bond acceptors (Lipinski definition) is 4. The van der Waals surface area contributed by atoms with Gasteiger partial charge in [-0.3, -0.25) is 9.59 Å². The van der Waals surface area contributed by atoms with Crippen molar-refractivity contribution < 1.29 is 18.7 Å². The number of nitrogens with one attached hydrogen (secondary N) is 1. The van der Waals surface area contributed by atoms with Gasteiger partial charge in [-0.05, 0) is 48.5 Å². The monoisotopic (exact) mass is 314 g/mol. The van der Waals surface area contributed by atoms with Gasteiger partial charge in [0.2, 0.25) is 5.91 Å². The van der Waals surface area contributed by atoms with Crippen LogP contribution in [0.4, 0.5) is 15.8 Å². The smallest absolute Gasteiger partial charge is 0.256 e. The van der Waals surface area contributed by atoms with Crippen LogP contribution in [0.2, 0.25) is 0 Å². The Morgan fingerprint density at radius 1 is 1.09 bits per heavy atom. The highest BCUT2D eigenvalue weighted by atomic mass is 19.1. The number of ether oxygens (including phenoxy) is 1.